The number of carbonyl (C=O) groups excluding carboxylic acids is 2. The van der Waals surface area contributed by atoms with Gasteiger partial charge in [0.2, 0.25) is 11.8 Å². The van der Waals surface area contributed by atoms with Crippen molar-refractivity contribution in [3.8, 4) is 17.6 Å². The molecule has 0 radical (unpaired) electrons. The first-order valence-electron chi connectivity index (χ1n) is 10.8. The summed E-state index contributed by atoms with van der Waals surface area (Å²) >= 11 is 0. The number of ether oxygens (including phenoxy) is 2. The van der Waals surface area contributed by atoms with Crippen molar-refractivity contribution in [1.29, 1.82) is 5.26 Å². The number of benzene rings is 2. The highest BCUT2D eigenvalue weighted by atomic mass is 16.5. The monoisotopic (exact) mass is 435 g/mol. The summed E-state index contributed by atoms with van der Waals surface area (Å²) in [4.78, 5) is 27.4. The van der Waals surface area contributed by atoms with Gasteiger partial charge in [0.25, 0.3) is 0 Å². The lowest BCUT2D eigenvalue weighted by Crippen LogP contribution is -2.46. The molecule has 1 aliphatic heterocycles. The van der Waals surface area contributed by atoms with Gasteiger partial charge in [-0.2, -0.15) is 5.26 Å². The SMILES string of the molecule is COc1ccc(C(C#N)NC(=O)[C@@H]2CCCN2C(=O)CCCc2ccccc2)cc1OC. The van der Waals surface area contributed by atoms with Crippen molar-refractivity contribution in [2.75, 3.05) is 20.8 Å². The molecule has 1 aliphatic rings. The Hall–Kier alpha value is -3.53. The molecule has 2 amide bonds. The quantitative estimate of drug-likeness (QED) is 0.652. The van der Waals surface area contributed by atoms with Gasteiger partial charge in [-0.3, -0.25) is 9.59 Å². The summed E-state index contributed by atoms with van der Waals surface area (Å²) in [5.41, 5.74) is 1.79. The molecule has 1 fully saturated rings. The van der Waals surface area contributed by atoms with Crippen molar-refractivity contribution in [3.05, 3.63) is 59.7 Å². The van der Waals surface area contributed by atoms with E-state index in [1.54, 1.807) is 23.1 Å². The molecule has 1 heterocycles. The Morgan fingerprint density at radius 1 is 1.16 bits per heavy atom. The number of hydrogen-bond acceptors (Lipinski definition) is 5. The molecule has 32 heavy (non-hydrogen) atoms. The van der Waals surface area contributed by atoms with E-state index in [1.807, 2.05) is 30.3 Å². The largest absolute Gasteiger partial charge is 0.493 e. The zero-order valence-electron chi connectivity index (χ0n) is 18.5. The lowest BCUT2D eigenvalue weighted by Gasteiger charge is -2.25. The van der Waals surface area contributed by atoms with E-state index in [0.29, 0.717) is 36.4 Å². The van der Waals surface area contributed by atoms with E-state index in [9.17, 15) is 14.9 Å². The normalized spacial score (nSPS) is 16.2. The van der Waals surface area contributed by atoms with E-state index < -0.39 is 12.1 Å². The van der Waals surface area contributed by atoms with Gasteiger partial charge in [-0.1, -0.05) is 36.4 Å². The molecule has 2 aromatic carbocycles. The fourth-order valence-electron chi connectivity index (χ4n) is 4.03. The van der Waals surface area contributed by atoms with Crippen LogP contribution in [0.25, 0.3) is 0 Å². The van der Waals surface area contributed by atoms with Gasteiger partial charge in [0, 0.05) is 13.0 Å². The Balaban J connectivity index is 1.60. The minimum absolute atomic E-state index is 0.0156. The molecule has 0 aromatic heterocycles. The van der Waals surface area contributed by atoms with Crippen molar-refractivity contribution in [3.63, 3.8) is 0 Å². The summed E-state index contributed by atoms with van der Waals surface area (Å²) in [5, 5.41) is 12.4. The minimum Gasteiger partial charge on any atom is -0.493 e. The highest BCUT2D eigenvalue weighted by Gasteiger charge is 2.34. The van der Waals surface area contributed by atoms with Crippen LogP contribution in [-0.2, 0) is 16.0 Å². The maximum absolute atomic E-state index is 13.0. The van der Waals surface area contributed by atoms with E-state index in [1.165, 1.54) is 19.8 Å². The molecule has 0 spiro atoms. The van der Waals surface area contributed by atoms with Gasteiger partial charge in [-0.05, 0) is 48.9 Å². The van der Waals surface area contributed by atoms with Gasteiger partial charge in [0.1, 0.15) is 12.1 Å². The first kappa shape index (κ1) is 23.1. The van der Waals surface area contributed by atoms with Crippen LogP contribution in [0.3, 0.4) is 0 Å². The first-order chi connectivity index (χ1) is 15.6. The van der Waals surface area contributed by atoms with Crippen LogP contribution in [0, 0.1) is 11.3 Å². The predicted molar refractivity (Wildman–Crippen MR) is 120 cm³/mol. The zero-order chi connectivity index (χ0) is 22.9. The van der Waals surface area contributed by atoms with E-state index in [-0.39, 0.29) is 11.8 Å². The summed E-state index contributed by atoms with van der Waals surface area (Å²) in [6.45, 7) is 0.565. The fourth-order valence-corrected chi connectivity index (χ4v) is 4.03. The molecule has 2 aromatic rings. The molecular formula is C25H29N3O4. The Bertz CT molecular complexity index is 971. The third kappa shape index (κ3) is 5.58. The van der Waals surface area contributed by atoms with Crippen LogP contribution in [-0.4, -0.2) is 43.5 Å². The number of nitrogens with zero attached hydrogens (tertiary/aromatic N) is 2. The number of carbonyl (C=O) groups is 2. The number of aryl methyl sites for hydroxylation is 1. The second-order valence-corrected chi connectivity index (χ2v) is 7.77. The number of methoxy groups -OCH3 is 2. The summed E-state index contributed by atoms with van der Waals surface area (Å²) in [5.74, 6) is 0.705. The number of nitrogens with one attached hydrogen (secondary N) is 1. The second kappa shape index (κ2) is 11.2. The molecule has 0 bridgehead atoms. The van der Waals surface area contributed by atoms with Crippen molar-refractivity contribution in [2.45, 2.75) is 44.2 Å². The smallest absolute Gasteiger partial charge is 0.244 e. The number of hydrogen-bond donors (Lipinski definition) is 1. The predicted octanol–water partition coefficient (Wildman–Crippen LogP) is 3.40. The number of amides is 2. The Morgan fingerprint density at radius 3 is 2.59 bits per heavy atom. The van der Waals surface area contributed by atoms with Crippen LogP contribution in [0.4, 0.5) is 0 Å². The highest BCUT2D eigenvalue weighted by Crippen LogP contribution is 2.30. The van der Waals surface area contributed by atoms with Gasteiger partial charge >= 0.3 is 0 Å². The lowest BCUT2D eigenvalue weighted by molar-refractivity contribution is -0.138. The van der Waals surface area contributed by atoms with E-state index in [4.69, 9.17) is 9.47 Å². The zero-order valence-corrected chi connectivity index (χ0v) is 18.5. The molecule has 1 N–H and O–H groups in total. The second-order valence-electron chi connectivity index (χ2n) is 7.77. The standard InChI is InChI=1S/C25H29N3O4/c1-31-22-14-13-19(16-23(22)32-2)20(17-26)27-25(30)21-11-7-15-28(21)24(29)12-6-10-18-8-4-3-5-9-18/h3-5,8-9,13-14,16,20-21H,6-7,10-12,15H2,1-2H3,(H,27,30)/t20?,21-/m0/s1. The topological polar surface area (TPSA) is 91.7 Å². The maximum Gasteiger partial charge on any atom is 0.244 e. The van der Waals surface area contributed by atoms with Crippen LogP contribution in [0.15, 0.2) is 48.5 Å². The molecule has 2 atom stereocenters. The molecular weight excluding hydrogens is 406 g/mol. The molecule has 1 unspecified atom stereocenters. The maximum atomic E-state index is 13.0. The minimum atomic E-state index is -0.849. The van der Waals surface area contributed by atoms with Crippen molar-refractivity contribution in [2.24, 2.45) is 0 Å². The number of nitriles is 1. The van der Waals surface area contributed by atoms with Gasteiger partial charge in [0.15, 0.2) is 11.5 Å². The van der Waals surface area contributed by atoms with Crippen LogP contribution in [0.2, 0.25) is 0 Å². The average Bonchev–Trinajstić information content (AvgIpc) is 3.33. The third-order valence-electron chi connectivity index (χ3n) is 5.73. The van der Waals surface area contributed by atoms with E-state index in [0.717, 1.165) is 19.3 Å². The fraction of sp³-hybridized carbons (Fsp3) is 0.400. The van der Waals surface area contributed by atoms with E-state index in [2.05, 4.69) is 11.4 Å². The molecule has 7 nitrogen and oxygen atoms in total. The third-order valence-corrected chi connectivity index (χ3v) is 5.73. The van der Waals surface area contributed by atoms with Gasteiger partial charge in [0.05, 0.1) is 20.3 Å². The number of likely N-dealkylation sites (tertiary alicyclic amines) is 1. The van der Waals surface area contributed by atoms with E-state index >= 15 is 0 Å². The highest BCUT2D eigenvalue weighted by molar-refractivity contribution is 5.88. The summed E-state index contributed by atoms with van der Waals surface area (Å²) in [6, 6.07) is 15.9. The molecule has 7 heteroatoms. The summed E-state index contributed by atoms with van der Waals surface area (Å²) < 4.78 is 10.5. The molecule has 3 rings (SSSR count). The first-order valence-corrected chi connectivity index (χ1v) is 10.8. The van der Waals surface area contributed by atoms with Gasteiger partial charge in [-0.15, -0.1) is 0 Å². The lowest BCUT2D eigenvalue weighted by atomic mass is 10.1. The Morgan fingerprint density at radius 2 is 1.91 bits per heavy atom. The van der Waals surface area contributed by atoms with Gasteiger partial charge in [-0.25, -0.2) is 0 Å². The molecule has 1 saturated heterocycles. The Labute approximate surface area is 188 Å². The van der Waals surface area contributed by atoms with Crippen molar-refractivity contribution in [1.82, 2.24) is 10.2 Å². The molecule has 0 aliphatic carbocycles. The van der Waals surface area contributed by atoms with Crippen LogP contribution in [0.1, 0.15) is 42.9 Å². The molecule has 168 valence electrons. The van der Waals surface area contributed by atoms with Crippen molar-refractivity contribution < 1.29 is 19.1 Å². The molecule has 0 saturated carbocycles. The average molecular weight is 436 g/mol. The summed E-state index contributed by atoms with van der Waals surface area (Å²) in [7, 11) is 3.05. The van der Waals surface area contributed by atoms with Gasteiger partial charge < -0.3 is 19.7 Å². The summed E-state index contributed by atoms with van der Waals surface area (Å²) in [6.07, 6.45) is 3.33. The Kier molecular flexibility index (Phi) is 8.09. The van der Waals surface area contributed by atoms with Crippen LogP contribution >= 0.6 is 0 Å². The van der Waals surface area contributed by atoms with Crippen LogP contribution < -0.4 is 14.8 Å². The van der Waals surface area contributed by atoms with Crippen LogP contribution in [0.5, 0.6) is 11.5 Å². The van der Waals surface area contributed by atoms with Crippen molar-refractivity contribution >= 4 is 11.8 Å². The number of rotatable bonds is 9.